The van der Waals surface area contributed by atoms with E-state index in [1.54, 1.807) is 17.0 Å². The van der Waals surface area contributed by atoms with Gasteiger partial charge < -0.3 is 9.88 Å². The quantitative estimate of drug-likeness (QED) is 0.818. The van der Waals surface area contributed by atoms with Crippen LogP contribution in [0.1, 0.15) is 78.4 Å². The molecule has 1 N–H and O–H groups in total. The molecule has 0 unspecified atom stereocenters. The number of H-pyrrole nitrogens is 1. The van der Waals surface area contributed by atoms with Gasteiger partial charge in [-0.15, -0.1) is 0 Å². The Balaban J connectivity index is 1.44. The maximum Gasteiger partial charge on any atom is 0.254 e. The largest absolute Gasteiger partial charge is 0.328 e. The fourth-order valence-corrected chi connectivity index (χ4v) is 5.46. The molecule has 1 saturated carbocycles. The summed E-state index contributed by atoms with van der Waals surface area (Å²) in [5.41, 5.74) is 1.91. The number of halogens is 1. The highest BCUT2D eigenvalue weighted by Crippen LogP contribution is 2.32. The molecule has 0 bridgehead atoms. The third-order valence-electron chi connectivity index (χ3n) is 7.11. The second-order valence-electron chi connectivity index (χ2n) is 9.06. The molecule has 0 radical (unpaired) electrons. The van der Waals surface area contributed by atoms with Gasteiger partial charge in [0.2, 0.25) is 0 Å². The zero-order valence-electron chi connectivity index (χ0n) is 17.8. The van der Waals surface area contributed by atoms with Gasteiger partial charge in [-0.25, -0.2) is 9.37 Å². The Morgan fingerprint density at radius 2 is 1.90 bits per heavy atom. The van der Waals surface area contributed by atoms with Gasteiger partial charge in [0.15, 0.2) is 0 Å². The maximum absolute atomic E-state index is 13.7. The van der Waals surface area contributed by atoms with Crippen LogP contribution in [0.15, 0.2) is 29.1 Å². The molecule has 6 nitrogen and oxygen atoms in total. The first-order chi connectivity index (χ1) is 15.1. The maximum atomic E-state index is 13.7. The van der Waals surface area contributed by atoms with Crippen molar-refractivity contribution in [3.8, 4) is 0 Å². The lowest BCUT2D eigenvalue weighted by atomic mass is 9.98. The fraction of sp³-hybridized carbons (Fsp3) is 0.542. The first kappa shape index (κ1) is 20.4. The number of aromatic amines is 1. The van der Waals surface area contributed by atoms with E-state index in [0.717, 1.165) is 43.5 Å². The molecule has 3 aliphatic rings. The molecular weight excluding hydrogens is 395 g/mol. The predicted molar refractivity (Wildman–Crippen MR) is 115 cm³/mol. The number of nitrogens with zero attached hydrogens (tertiary/aromatic N) is 3. The number of likely N-dealkylation sites (tertiary alicyclic amines) is 1. The van der Waals surface area contributed by atoms with Gasteiger partial charge >= 0.3 is 0 Å². The van der Waals surface area contributed by atoms with Crippen LogP contribution in [0, 0.1) is 5.82 Å². The summed E-state index contributed by atoms with van der Waals surface area (Å²) in [6.45, 7) is 2.20. The van der Waals surface area contributed by atoms with Gasteiger partial charge in [-0.05, 0) is 56.7 Å². The van der Waals surface area contributed by atoms with E-state index in [9.17, 15) is 14.0 Å². The standard InChI is InChI=1S/C24H29FN4O2/c25-17-7-5-6-16(14-17)24(31)29-12-4-3-10-21(29)22-26-20-15-28(18-8-1-2-9-18)13-11-19(20)23(30)27-22/h5-7,14,18,21H,1-4,8-13,15H2,(H,26,27,30)/t21-/m0/s1. The number of carbonyl (C=O) groups excluding carboxylic acids is 1. The van der Waals surface area contributed by atoms with E-state index in [1.165, 1.54) is 37.8 Å². The number of hydrogen-bond donors (Lipinski definition) is 1. The first-order valence-corrected chi connectivity index (χ1v) is 11.5. The molecule has 1 aromatic heterocycles. The average molecular weight is 425 g/mol. The Hall–Kier alpha value is -2.54. The van der Waals surface area contributed by atoms with Crippen molar-refractivity contribution in [2.24, 2.45) is 0 Å². The average Bonchev–Trinajstić information content (AvgIpc) is 3.33. The number of rotatable bonds is 3. The van der Waals surface area contributed by atoms with Crippen LogP contribution >= 0.6 is 0 Å². The van der Waals surface area contributed by atoms with Gasteiger partial charge in [-0.2, -0.15) is 0 Å². The number of fused-ring (bicyclic) bond motifs is 1. The minimum absolute atomic E-state index is 0.0743. The molecule has 3 heterocycles. The Morgan fingerprint density at radius 3 is 2.71 bits per heavy atom. The highest BCUT2D eigenvalue weighted by atomic mass is 19.1. The lowest BCUT2D eigenvalue weighted by Gasteiger charge is -2.36. The summed E-state index contributed by atoms with van der Waals surface area (Å²) in [5, 5.41) is 0. The van der Waals surface area contributed by atoms with Crippen molar-refractivity contribution >= 4 is 5.91 Å². The number of benzene rings is 1. The van der Waals surface area contributed by atoms with Crippen LogP contribution in [0.3, 0.4) is 0 Å². The smallest absolute Gasteiger partial charge is 0.254 e. The minimum atomic E-state index is -0.424. The van der Waals surface area contributed by atoms with Crippen LogP contribution < -0.4 is 5.56 Å². The molecule has 2 fully saturated rings. The third kappa shape index (κ3) is 4.03. The van der Waals surface area contributed by atoms with E-state index in [0.29, 0.717) is 30.5 Å². The second kappa shape index (κ2) is 8.54. The van der Waals surface area contributed by atoms with E-state index in [2.05, 4.69) is 9.88 Å². The van der Waals surface area contributed by atoms with Gasteiger partial charge in [-0.1, -0.05) is 18.9 Å². The van der Waals surface area contributed by atoms with Crippen LogP contribution in [0.4, 0.5) is 4.39 Å². The lowest BCUT2D eigenvalue weighted by Crippen LogP contribution is -2.43. The van der Waals surface area contributed by atoms with Crippen molar-refractivity contribution in [1.82, 2.24) is 19.8 Å². The van der Waals surface area contributed by atoms with E-state index in [-0.39, 0.29) is 17.5 Å². The number of nitrogens with one attached hydrogen (secondary N) is 1. The van der Waals surface area contributed by atoms with Crippen molar-refractivity contribution < 1.29 is 9.18 Å². The highest BCUT2D eigenvalue weighted by Gasteiger charge is 2.33. The molecule has 31 heavy (non-hydrogen) atoms. The number of aromatic nitrogens is 2. The zero-order chi connectivity index (χ0) is 21.4. The summed E-state index contributed by atoms with van der Waals surface area (Å²) in [4.78, 5) is 38.2. The first-order valence-electron chi connectivity index (χ1n) is 11.5. The Morgan fingerprint density at radius 1 is 1.10 bits per heavy atom. The molecule has 0 spiro atoms. The second-order valence-corrected chi connectivity index (χ2v) is 9.06. The van der Waals surface area contributed by atoms with Crippen LogP contribution in [-0.4, -0.2) is 44.8 Å². The number of carbonyl (C=O) groups is 1. The molecule has 2 aliphatic heterocycles. The van der Waals surface area contributed by atoms with Crippen molar-refractivity contribution in [3.05, 3.63) is 63.1 Å². The third-order valence-corrected chi connectivity index (χ3v) is 7.11. The van der Waals surface area contributed by atoms with Crippen molar-refractivity contribution in [2.75, 3.05) is 13.1 Å². The van der Waals surface area contributed by atoms with Crippen LogP contribution in [-0.2, 0) is 13.0 Å². The van der Waals surface area contributed by atoms with E-state index >= 15 is 0 Å². The van der Waals surface area contributed by atoms with Gasteiger partial charge in [-0.3, -0.25) is 14.5 Å². The molecule has 1 amide bonds. The van der Waals surface area contributed by atoms with Gasteiger partial charge in [0.1, 0.15) is 11.6 Å². The monoisotopic (exact) mass is 424 g/mol. The SMILES string of the molecule is O=C(c1cccc(F)c1)N1CCCC[C@H]1c1nc2c(c(=O)[nH]1)CCN(C1CCCC1)C2. The van der Waals surface area contributed by atoms with Gasteiger partial charge in [0.05, 0.1) is 11.7 Å². The van der Waals surface area contributed by atoms with E-state index < -0.39 is 5.82 Å². The summed E-state index contributed by atoms with van der Waals surface area (Å²) in [7, 11) is 0. The fourth-order valence-electron chi connectivity index (χ4n) is 5.46. The Kier molecular flexibility index (Phi) is 5.61. The normalized spacial score (nSPS) is 22.5. The Bertz CT molecular complexity index is 1030. The molecule has 5 rings (SSSR count). The summed E-state index contributed by atoms with van der Waals surface area (Å²) < 4.78 is 13.7. The molecule has 2 aromatic rings. The van der Waals surface area contributed by atoms with Crippen molar-refractivity contribution in [3.63, 3.8) is 0 Å². The topological polar surface area (TPSA) is 69.3 Å². The van der Waals surface area contributed by atoms with Crippen LogP contribution in [0.5, 0.6) is 0 Å². The van der Waals surface area contributed by atoms with E-state index in [1.807, 2.05) is 0 Å². The van der Waals surface area contributed by atoms with Gasteiger partial charge in [0.25, 0.3) is 11.5 Å². The van der Waals surface area contributed by atoms with Crippen molar-refractivity contribution in [2.45, 2.75) is 70.0 Å². The van der Waals surface area contributed by atoms with Crippen LogP contribution in [0.25, 0.3) is 0 Å². The molecule has 164 valence electrons. The molecule has 1 saturated heterocycles. The zero-order valence-corrected chi connectivity index (χ0v) is 17.8. The van der Waals surface area contributed by atoms with Gasteiger partial charge in [0, 0.05) is 36.8 Å². The molecular formula is C24H29FN4O2. The highest BCUT2D eigenvalue weighted by molar-refractivity contribution is 5.94. The number of piperidine rings is 1. The van der Waals surface area contributed by atoms with Crippen molar-refractivity contribution in [1.29, 1.82) is 0 Å². The summed E-state index contributed by atoms with van der Waals surface area (Å²) in [6.07, 6.45) is 8.34. The lowest BCUT2D eigenvalue weighted by molar-refractivity contribution is 0.0597. The number of amides is 1. The summed E-state index contributed by atoms with van der Waals surface area (Å²) in [5.74, 6) is -0.0645. The summed E-state index contributed by atoms with van der Waals surface area (Å²) in [6, 6.07) is 6.11. The predicted octanol–water partition coefficient (Wildman–Crippen LogP) is 3.58. The molecule has 1 atom stereocenters. The molecule has 1 aromatic carbocycles. The molecule has 7 heteroatoms. The van der Waals surface area contributed by atoms with Crippen LogP contribution in [0.2, 0.25) is 0 Å². The minimum Gasteiger partial charge on any atom is -0.328 e. The Labute approximate surface area is 181 Å². The van der Waals surface area contributed by atoms with E-state index in [4.69, 9.17) is 4.98 Å². The molecule has 1 aliphatic carbocycles. The number of hydrogen-bond acceptors (Lipinski definition) is 4. The summed E-state index contributed by atoms with van der Waals surface area (Å²) >= 11 is 0.